The molecule has 2 N–H and O–H groups in total. The van der Waals surface area contributed by atoms with Crippen molar-refractivity contribution in [2.45, 2.75) is 13.5 Å². The molecule has 3 aromatic rings. The highest BCUT2D eigenvalue weighted by atomic mass is 79.9. The number of nitrogens with zero attached hydrogens (tertiary/aromatic N) is 2. The van der Waals surface area contributed by atoms with Crippen molar-refractivity contribution in [1.82, 2.24) is 9.97 Å². The van der Waals surface area contributed by atoms with Crippen molar-refractivity contribution < 1.29 is 9.21 Å². The van der Waals surface area contributed by atoms with Gasteiger partial charge in [-0.1, -0.05) is 22.0 Å². The third-order valence-corrected chi connectivity index (χ3v) is 3.66. The number of hydrogen-bond donors (Lipinski definition) is 2. The number of benzene rings is 1. The van der Waals surface area contributed by atoms with Crippen LogP contribution >= 0.6 is 15.9 Å². The van der Waals surface area contributed by atoms with E-state index in [9.17, 15) is 4.79 Å². The van der Waals surface area contributed by atoms with Gasteiger partial charge in [-0.3, -0.25) is 4.79 Å². The zero-order chi connectivity index (χ0) is 16.9. The highest BCUT2D eigenvalue weighted by molar-refractivity contribution is 9.10. The van der Waals surface area contributed by atoms with Crippen molar-refractivity contribution >= 4 is 33.5 Å². The van der Waals surface area contributed by atoms with Crippen molar-refractivity contribution in [2.24, 2.45) is 0 Å². The summed E-state index contributed by atoms with van der Waals surface area (Å²) in [5.41, 5.74) is 1.69. The first-order valence-electron chi connectivity index (χ1n) is 7.29. The molecule has 0 atom stereocenters. The van der Waals surface area contributed by atoms with Crippen molar-refractivity contribution in [1.29, 1.82) is 0 Å². The van der Waals surface area contributed by atoms with Crippen LogP contribution in [-0.4, -0.2) is 15.9 Å². The predicted octanol–water partition coefficient (Wildman–Crippen LogP) is 4.00. The van der Waals surface area contributed by atoms with Crippen LogP contribution in [0, 0.1) is 6.92 Å². The molecule has 0 saturated carbocycles. The Balaban J connectivity index is 1.73. The molecule has 0 saturated heterocycles. The zero-order valence-electron chi connectivity index (χ0n) is 12.9. The fourth-order valence-corrected chi connectivity index (χ4v) is 2.50. The molecule has 0 aliphatic rings. The number of rotatable bonds is 5. The number of furan rings is 1. The molecule has 0 spiro atoms. The number of aryl methyl sites for hydroxylation is 1. The molecule has 1 amide bonds. The molecular weight excluding hydrogens is 372 g/mol. The summed E-state index contributed by atoms with van der Waals surface area (Å²) in [6.07, 6.45) is 1.60. The molecule has 1 aromatic carbocycles. The first-order chi connectivity index (χ1) is 11.6. The van der Waals surface area contributed by atoms with E-state index in [2.05, 4.69) is 36.5 Å². The summed E-state index contributed by atoms with van der Waals surface area (Å²) in [4.78, 5) is 20.9. The lowest BCUT2D eigenvalue weighted by Gasteiger charge is -2.08. The third-order valence-electron chi connectivity index (χ3n) is 3.17. The number of nitrogens with one attached hydrogen (secondary N) is 2. The first kappa shape index (κ1) is 16.2. The van der Waals surface area contributed by atoms with E-state index in [1.807, 2.05) is 43.3 Å². The number of hydrogen-bond acceptors (Lipinski definition) is 5. The Morgan fingerprint density at radius 3 is 2.83 bits per heavy atom. The van der Waals surface area contributed by atoms with Gasteiger partial charge in [-0.15, -0.1) is 0 Å². The number of halogens is 1. The molecule has 0 radical (unpaired) electrons. The predicted molar refractivity (Wildman–Crippen MR) is 94.9 cm³/mol. The Labute approximate surface area is 147 Å². The largest absolute Gasteiger partial charge is 0.467 e. The molecule has 0 aliphatic carbocycles. The third kappa shape index (κ3) is 4.20. The van der Waals surface area contributed by atoms with Crippen LogP contribution in [0.1, 0.15) is 21.9 Å². The highest BCUT2D eigenvalue weighted by Crippen LogP contribution is 2.17. The van der Waals surface area contributed by atoms with Crippen LogP contribution in [-0.2, 0) is 6.54 Å². The summed E-state index contributed by atoms with van der Waals surface area (Å²) in [5, 5.41) is 5.87. The smallest absolute Gasteiger partial charge is 0.274 e. The number of anilines is 2. The minimum Gasteiger partial charge on any atom is -0.467 e. The van der Waals surface area contributed by atoms with E-state index in [4.69, 9.17) is 4.42 Å². The van der Waals surface area contributed by atoms with E-state index >= 15 is 0 Å². The topological polar surface area (TPSA) is 80.0 Å². The first-order valence-corrected chi connectivity index (χ1v) is 8.08. The fourth-order valence-electron chi connectivity index (χ4n) is 2.10. The van der Waals surface area contributed by atoms with Gasteiger partial charge in [0.2, 0.25) is 5.95 Å². The molecule has 122 valence electrons. The van der Waals surface area contributed by atoms with Crippen LogP contribution in [0.3, 0.4) is 0 Å². The second-order valence-corrected chi connectivity index (χ2v) is 6.03. The molecule has 2 heterocycles. The minimum absolute atomic E-state index is 0.292. The van der Waals surface area contributed by atoms with Crippen molar-refractivity contribution in [3.63, 3.8) is 0 Å². The van der Waals surface area contributed by atoms with Gasteiger partial charge in [-0.25, -0.2) is 9.97 Å². The lowest BCUT2D eigenvalue weighted by molar-refractivity contribution is 0.102. The summed E-state index contributed by atoms with van der Waals surface area (Å²) >= 11 is 3.38. The molecule has 0 fully saturated rings. The summed E-state index contributed by atoms with van der Waals surface area (Å²) in [5.74, 6) is 0.852. The maximum absolute atomic E-state index is 12.4. The second kappa shape index (κ2) is 7.27. The molecule has 0 bridgehead atoms. The van der Waals surface area contributed by atoms with Gasteiger partial charge in [-0.2, -0.15) is 0 Å². The number of aromatic nitrogens is 2. The Kier molecular flexibility index (Phi) is 4.90. The minimum atomic E-state index is -0.292. The molecule has 6 nitrogen and oxygen atoms in total. The average molecular weight is 387 g/mol. The fraction of sp³-hybridized carbons (Fsp3) is 0.118. The molecular formula is C17H15BrN4O2. The van der Waals surface area contributed by atoms with E-state index in [0.717, 1.165) is 10.2 Å². The van der Waals surface area contributed by atoms with Gasteiger partial charge >= 0.3 is 0 Å². The molecule has 0 aliphatic heterocycles. The lowest BCUT2D eigenvalue weighted by atomic mass is 10.3. The van der Waals surface area contributed by atoms with Crippen LogP contribution in [0.4, 0.5) is 11.6 Å². The summed E-state index contributed by atoms with van der Waals surface area (Å²) in [6, 6.07) is 12.7. The van der Waals surface area contributed by atoms with Gasteiger partial charge in [0.25, 0.3) is 5.91 Å². The summed E-state index contributed by atoms with van der Waals surface area (Å²) < 4.78 is 6.14. The maximum atomic E-state index is 12.4. The van der Waals surface area contributed by atoms with Gasteiger partial charge in [0.1, 0.15) is 11.5 Å². The van der Waals surface area contributed by atoms with Crippen LogP contribution in [0.2, 0.25) is 0 Å². The van der Waals surface area contributed by atoms with Crippen LogP contribution in [0.15, 0.2) is 57.6 Å². The van der Waals surface area contributed by atoms with Crippen LogP contribution < -0.4 is 10.6 Å². The van der Waals surface area contributed by atoms with Crippen molar-refractivity contribution in [3.8, 4) is 0 Å². The Bertz CT molecular complexity index is 850. The van der Waals surface area contributed by atoms with E-state index in [1.54, 1.807) is 12.3 Å². The molecule has 3 rings (SSSR count). The SMILES string of the molecule is Cc1cc(C(=O)Nc2cccc(Br)c2)nc(NCc2ccco2)n1. The van der Waals surface area contributed by atoms with Gasteiger partial charge in [0.05, 0.1) is 12.8 Å². The molecule has 0 unspecified atom stereocenters. The molecule has 2 aromatic heterocycles. The second-order valence-electron chi connectivity index (χ2n) is 5.12. The quantitative estimate of drug-likeness (QED) is 0.692. The average Bonchev–Trinajstić information content (AvgIpc) is 3.06. The maximum Gasteiger partial charge on any atom is 0.274 e. The Morgan fingerprint density at radius 2 is 2.08 bits per heavy atom. The lowest BCUT2D eigenvalue weighted by Crippen LogP contribution is -2.16. The van der Waals surface area contributed by atoms with E-state index in [-0.39, 0.29) is 5.91 Å². The van der Waals surface area contributed by atoms with E-state index < -0.39 is 0 Å². The number of carbonyl (C=O) groups excluding carboxylic acids is 1. The zero-order valence-corrected chi connectivity index (χ0v) is 14.5. The summed E-state index contributed by atoms with van der Waals surface area (Å²) in [7, 11) is 0. The number of carbonyl (C=O) groups is 1. The Morgan fingerprint density at radius 1 is 1.21 bits per heavy atom. The summed E-state index contributed by atoms with van der Waals surface area (Å²) in [6.45, 7) is 2.26. The highest BCUT2D eigenvalue weighted by Gasteiger charge is 2.11. The monoisotopic (exact) mass is 386 g/mol. The van der Waals surface area contributed by atoms with Gasteiger partial charge in [0, 0.05) is 15.9 Å². The van der Waals surface area contributed by atoms with Gasteiger partial charge < -0.3 is 15.1 Å². The van der Waals surface area contributed by atoms with Crippen LogP contribution in [0.5, 0.6) is 0 Å². The van der Waals surface area contributed by atoms with Crippen molar-refractivity contribution in [3.05, 3.63) is 70.3 Å². The van der Waals surface area contributed by atoms with E-state index in [0.29, 0.717) is 29.6 Å². The molecule has 7 heteroatoms. The van der Waals surface area contributed by atoms with E-state index in [1.165, 1.54) is 0 Å². The Hall–Kier alpha value is -2.67. The number of amides is 1. The van der Waals surface area contributed by atoms with Crippen molar-refractivity contribution in [2.75, 3.05) is 10.6 Å². The standard InChI is InChI=1S/C17H15BrN4O2/c1-11-8-15(16(23)21-13-5-2-4-12(18)9-13)22-17(20-11)19-10-14-6-3-7-24-14/h2-9H,10H2,1H3,(H,21,23)(H,19,20,22). The normalized spacial score (nSPS) is 10.4. The van der Waals surface area contributed by atoms with Gasteiger partial charge in [-0.05, 0) is 43.3 Å². The molecule has 24 heavy (non-hydrogen) atoms. The van der Waals surface area contributed by atoms with Crippen LogP contribution in [0.25, 0.3) is 0 Å². The van der Waals surface area contributed by atoms with Gasteiger partial charge in [0.15, 0.2) is 0 Å².